The lowest BCUT2D eigenvalue weighted by atomic mass is 9.87. The molecule has 0 atom stereocenters. The summed E-state index contributed by atoms with van der Waals surface area (Å²) in [6, 6.07) is 14.5. The highest BCUT2D eigenvalue weighted by molar-refractivity contribution is 7.92. The average molecular weight is 414 g/mol. The van der Waals surface area contributed by atoms with E-state index in [1.165, 1.54) is 4.68 Å². The normalized spacial score (nSPS) is 12.2. The minimum absolute atomic E-state index is 0.0527. The lowest BCUT2D eigenvalue weighted by Gasteiger charge is -2.21. The summed E-state index contributed by atoms with van der Waals surface area (Å²) in [7, 11) is -2.20. The number of benzene rings is 2. The highest BCUT2D eigenvalue weighted by atomic mass is 32.2. The predicted octanol–water partition coefficient (Wildman–Crippen LogP) is 3.89. The van der Waals surface area contributed by atoms with E-state index in [1.807, 2.05) is 45.0 Å². The Morgan fingerprint density at radius 3 is 2.17 bits per heavy atom. The van der Waals surface area contributed by atoms with Gasteiger partial charge in [0.05, 0.1) is 16.3 Å². The molecule has 0 aliphatic heterocycles. The van der Waals surface area contributed by atoms with Crippen LogP contribution in [-0.2, 0) is 22.5 Å². The molecular weight excluding hydrogens is 386 g/mol. The van der Waals surface area contributed by atoms with E-state index in [0.717, 1.165) is 5.56 Å². The van der Waals surface area contributed by atoms with E-state index in [2.05, 4.69) is 4.72 Å². The van der Waals surface area contributed by atoms with Crippen LogP contribution in [0.2, 0.25) is 0 Å². The van der Waals surface area contributed by atoms with Crippen LogP contribution in [0.1, 0.15) is 37.6 Å². The maximum atomic E-state index is 13.2. The van der Waals surface area contributed by atoms with Crippen LogP contribution in [0.25, 0.3) is 5.69 Å². The maximum absolute atomic E-state index is 13.2. The van der Waals surface area contributed by atoms with E-state index < -0.39 is 15.6 Å². The van der Waals surface area contributed by atoms with E-state index in [4.69, 9.17) is 0 Å². The molecule has 3 rings (SSSR count). The van der Waals surface area contributed by atoms with Gasteiger partial charge in [-0.05, 0) is 48.6 Å². The van der Waals surface area contributed by atoms with E-state index >= 15 is 0 Å². The molecule has 0 saturated carbocycles. The third-order valence-electron chi connectivity index (χ3n) is 5.13. The highest BCUT2D eigenvalue weighted by Gasteiger charge is 2.25. The smallest absolute Gasteiger partial charge is 0.283 e. The molecular formula is C22H27N3O3S. The van der Waals surface area contributed by atoms with Crippen LogP contribution < -0.4 is 10.3 Å². The molecule has 29 heavy (non-hydrogen) atoms. The predicted molar refractivity (Wildman–Crippen MR) is 116 cm³/mol. The standard InChI is InChI=1S/C22H27N3O3S/c1-15-12-13-17(22(3,4)5)14-19(15)29(27,28)23-20-16(2)24(6)25(21(20)26)18-10-8-7-9-11-18/h7-14,23H,1-6H3. The van der Waals surface area contributed by atoms with Gasteiger partial charge in [0.2, 0.25) is 0 Å². The van der Waals surface area contributed by atoms with Gasteiger partial charge in [0, 0.05) is 7.05 Å². The number of hydrogen-bond acceptors (Lipinski definition) is 3. The van der Waals surface area contributed by atoms with Crippen LogP contribution in [-0.4, -0.2) is 17.8 Å². The zero-order valence-electron chi connectivity index (χ0n) is 17.6. The van der Waals surface area contributed by atoms with Crippen LogP contribution >= 0.6 is 0 Å². The Hall–Kier alpha value is -2.80. The van der Waals surface area contributed by atoms with E-state index in [0.29, 0.717) is 16.9 Å². The summed E-state index contributed by atoms with van der Waals surface area (Å²) >= 11 is 0. The lowest BCUT2D eigenvalue weighted by Crippen LogP contribution is -2.23. The van der Waals surface area contributed by atoms with Crippen molar-refractivity contribution in [1.29, 1.82) is 0 Å². The SMILES string of the molecule is Cc1ccc(C(C)(C)C)cc1S(=O)(=O)Nc1c(C)n(C)n(-c2ccccc2)c1=O. The molecule has 0 saturated heterocycles. The minimum atomic E-state index is -3.93. The van der Waals surface area contributed by atoms with Gasteiger partial charge in [-0.2, -0.15) is 0 Å². The fourth-order valence-electron chi connectivity index (χ4n) is 3.23. The summed E-state index contributed by atoms with van der Waals surface area (Å²) in [5, 5.41) is 0. The Morgan fingerprint density at radius 1 is 0.966 bits per heavy atom. The number of anilines is 1. The van der Waals surface area contributed by atoms with Gasteiger partial charge in [0.25, 0.3) is 15.6 Å². The van der Waals surface area contributed by atoms with Crippen molar-refractivity contribution in [2.24, 2.45) is 7.05 Å². The molecule has 0 aliphatic rings. The van der Waals surface area contributed by atoms with Crippen molar-refractivity contribution in [3.63, 3.8) is 0 Å². The van der Waals surface area contributed by atoms with Crippen molar-refractivity contribution in [2.75, 3.05) is 4.72 Å². The average Bonchev–Trinajstić information content (AvgIpc) is 2.85. The first-order chi connectivity index (χ1) is 13.4. The number of para-hydroxylation sites is 1. The van der Waals surface area contributed by atoms with Crippen LogP contribution in [0, 0.1) is 13.8 Å². The fraction of sp³-hybridized carbons (Fsp3) is 0.318. The van der Waals surface area contributed by atoms with Gasteiger partial charge in [-0.25, -0.2) is 13.1 Å². The molecule has 7 heteroatoms. The molecule has 0 amide bonds. The topological polar surface area (TPSA) is 73.1 Å². The Bertz CT molecular complexity index is 1210. The Kier molecular flexibility index (Phi) is 5.21. The Labute approximate surface area is 171 Å². The van der Waals surface area contributed by atoms with Crippen molar-refractivity contribution in [3.8, 4) is 5.69 Å². The summed E-state index contributed by atoms with van der Waals surface area (Å²) in [5.41, 5.74) is 2.19. The van der Waals surface area contributed by atoms with Crippen LogP contribution in [0.4, 0.5) is 5.69 Å². The fourth-order valence-corrected chi connectivity index (χ4v) is 4.62. The summed E-state index contributed by atoms with van der Waals surface area (Å²) in [6.07, 6.45) is 0. The summed E-state index contributed by atoms with van der Waals surface area (Å²) in [4.78, 5) is 13.2. The number of sulfonamides is 1. The van der Waals surface area contributed by atoms with Crippen molar-refractivity contribution in [3.05, 3.63) is 75.7 Å². The molecule has 0 radical (unpaired) electrons. The van der Waals surface area contributed by atoms with E-state index in [1.54, 1.807) is 49.8 Å². The molecule has 3 aromatic rings. The van der Waals surface area contributed by atoms with Gasteiger partial charge in [0.15, 0.2) is 0 Å². The number of hydrogen-bond donors (Lipinski definition) is 1. The number of aryl methyl sites for hydroxylation is 1. The molecule has 1 heterocycles. The van der Waals surface area contributed by atoms with Crippen molar-refractivity contribution in [1.82, 2.24) is 9.36 Å². The zero-order chi connectivity index (χ0) is 21.6. The first-order valence-electron chi connectivity index (χ1n) is 9.41. The van der Waals surface area contributed by atoms with Crippen molar-refractivity contribution in [2.45, 2.75) is 44.9 Å². The second kappa shape index (κ2) is 7.22. The van der Waals surface area contributed by atoms with Crippen molar-refractivity contribution >= 4 is 15.7 Å². The molecule has 154 valence electrons. The van der Waals surface area contributed by atoms with Crippen LogP contribution in [0.5, 0.6) is 0 Å². The Morgan fingerprint density at radius 2 is 1.59 bits per heavy atom. The third kappa shape index (κ3) is 3.87. The second-order valence-electron chi connectivity index (χ2n) is 8.27. The second-order valence-corrected chi connectivity index (χ2v) is 9.92. The van der Waals surface area contributed by atoms with Gasteiger partial charge in [-0.3, -0.25) is 14.2 Å². The zero-order valence-corrected chi connectivity index (χ0v) is 18.5. The molecule has 0 spiro atoms. The quantitative estimate of drug-likeness (QED) is 0.705. The Balaban J connectivity index is 2.11. The monoisotopic (exact) mass is 413 g/mol. The minimum Gasteiger partial charge on any atom is -0.283 e. The number of nitrogens with one attached hydrogen (secondary N) is 1. The summed E-state index contributed by atoms with van der Waals surface area (Å²) < 4.78 is 32.0. The van der Waals surface area contributed by atoms with Gasteiger partial charge < -0.3 is 0 Å². The van der Waals surface area contributed by atoms with E-state index in [-0.39, 0.29) is 16.0 Å². The molecule has 0 aliphatic carbocycles. The molecule has 0 unspecified atom stereocenters. The third-order valence-corrected chi connectivity index (χ3v) is 6.63. The molecule has 0 bridgehead atoms. The largest absolute Gasteiger partial charge is 0.296 e. The molecule has 0 fully saturated rings. The van der Waals surface area contributed by atoms with Gasteiger partial charge in [-0.1, -0.05) is 51.1 Å². The maximum Gasteiger partial charge on any atom is 0.296 e. The number of rotatable bonds is 4. The summed E-state index contributed by atoms with van der Waals surface area (Å²) in [6.45, 7) is 9.56. The lowest BCUT2D eigenvalue weighted by molar-refractivity contribution is 0.584. The number of nitrogens with zero attached hydrogens (tertiary/aromatic N) is 2. The highest BCUT2D eigenvalue weighted by Crippen LogP contribution is 2.28. The molecule has 1 N–H and O–H groups in total. The summed E-state index contributed by atoms with van der Waals surface area (Å²) in [5.74, 6) is 0. The first kappa shape index (κ1) is 20.9. The van der Waals surface area contributed by atoms with Gasteiger partial charge in [0.1, 0.15) is 5.69 Å². The van der Waals surface area contributed by atoms with E-state index in [9.17, 15) is 13.2 Å². The van der Waals surface area contributed by atoms with Crippen molar-refractivity contribution < 1.29 is 8.42 Å². The van der Waals surface area contributed by atoms with Crippen LogP contribution in [0.15, 0.2) is 58.2 Å². The molecule has 2 aromatic carbocycles. The van der Waals surface area contributed by atoms with Gasteiger partial charge in [-0.15, -0.1) is 0 Å². The molecule has 6 nitrogen and oxygen atoms in total. The molecule has 1 aromatic heterocycles. The number of aromatic nitrogens is 2. The van der Waals surface area contributed by atoms with Crippen LogP contribution in [0.3, 0.4) is 0 Å². The van der Waals surface area contributed by atoms with Gasteiger partial charge >= 0.3 is 0 Å². The first-order valence-corrected chi connectivity index (χ1v) is 10.9.